The van der Waals surface area contributed by atoms with Gasteiger partial charge < -0.3 is 15.7 Å². The van der Waals surface area contributed by atoms with Gasteiger partial charge in [-0.05, 0) is 18.9 Å². The van der Waals surface area contributed by atoms with Crippen molar-refractivity contribution in [3.05, 3.63) is 23.6 Å². The van der Waals surface area contributed by atoms with E-state index in [0.717, 1.165) is 31.7 Å². The van der Waals surface area contributed by atoms with E-state index >= 15 is 0 Å². The van der Waals surface area contributed by atoms with Crippen LogP contribution in [0.15, 0.2) is 12.3 Å². The van der Waals surface area contributed by atoms with Gasteiger partial charge in [-0.3, -0.25) is 4.79 Å². The molecule has 0 aromatic carbocycles. The van der Waals surface area contributed by atoms with Crippen molar-refractivity contribution in [1.82, 2.24) is 4.98 Å². The van der Waals surface area contributed by atoms with Crippen molar-refractivity contribution in [2.45, 2.75) is 31.7 Å². The van der Waals surface area contributed by atoms with Crippen LogP contribution in [-0.2, 0) is 4.79 Å². The van der Waals surface area contributed by atoms with Gasteiger partial charge >= 0.3 is 5.97 Å². The van der Waals surface area contributed by atoms with Gasteiger partial charge in [0.15, 0.2) is 11.6 Å². The minimum Gasteiger partial charge on any atom is -0.478 e. The van der Waals surface area contributed by atoms with Crippen LogP contribution >= 0.6 is 0 Å². The van der Waals surface area contributed by atoms with E-state index in [1.807, 2.05) is 0 Å². The van der Waals surface area contributed by atoms with Crippen molar-refractivity contribution >= 4 is 17.7 Å². The first-order valence-electron chi connectivity index (χ1n) is 6.43. The molecule has 0 aliphatic heterocycles. The number of nitrogens with zero attached hydrogens (tertiary/aromatic N) is 2. The quantitative estimate of drug-likeness (QED) is 0.844. The summed E-state index contributed by atoms with van der Waals surface area (Å²) in [6.07, 6.45) is 4.82. The van der Waals surface area contributed by atoms with Crippen molar-refractivity contribution < 1.29 is 19.1 Å². The minimum atomic E-state index is -1.36. The Labute approximate surface area is 115 Å². The number of amides is 1. The SMILES string of the molecule is NC(=O)CN(c1nccc(C(=O)O)c1F)C1CCCC1. The number of halogens is 1. The topological polar surface area (TPSA) is 96.5 Å². The summed E-state index contributed by atoms with van der Waals surface area (Å²) in [7, 11) is 0. The van der Waals surface area contributed by atoms with Gasteiger partial charge in [-0.15, -0.1) is 0 Å². The fourth-order valence-corrected chi connectivity index (χ4v) is 2.56. The molecular weight excluding hydrogens is 265 g/mol. The third-order valence-corrected chi connectivity index (χ3v) is 3.46. The number of carboxylic acid groups (broad SMARTS) is 1. The first kappa shape index (κ1) is 14.2. The molecule has 6 nitrogen and oxygen atoms in total. The van der Waals surface area contributed by atoms with Crippen LogP contribution in [0, 0.1) is 5.82 Å². The van der Waals surface area contributed by atoms with Crippen molar-refractivity contribution in [3.63, 3.8) is 0 Å². The Morgan fingerprint density at radius 1 is 1.45 bits per heavy atom. The lowest BCUT2D eigenvalue weighted by molar-refractivity contribution is -0.116. The van der Waals surface area contributed by atoms with E-state index in [-0.39, 0.29) is 18.4 Å². The zero-order valence-electron chi connectivity index (χ0n) is 10.9. The predicted octanol–water partition coefficient (Wildman–Crippen LogP) is 1.15. The lowest BCUT2D eigenvalue weighted by atomic mass is 10.1. The molecule has 3 N–H and O–H groups in total. The van der Waals surface area contributed by atoms with Crippen LogP contribution in [0.2, 0.25) is 0 Å². The molecule has 0 atom stereocenters. The molecule has 108 valence electrons. The number of pyridine rings is 1. The Hall–Kier alpha value is -2.18. The molecule has 1 amide bonds. The molecule has 1 fully saturated rings. The third-order valence-electron chi connectivity index (χ3n) is 3.46. The summed E-state index contributed by atoms with van der Waals surface area (Å²) < 4.78 is 14.2. The molecular formula is C13H16FN3O3. The number of primary amides is 1. The zero-order chi connectivity index (χ0) is 14.7. The second-order valence-electron chi connectivity index (χ2n) is 4.83. The molecule has 1 aliphatic rings. The lowest BCUT2D eigenvalue weighted by Crippen LogP contribution is -2.41. The van der Waals surface area contributed by atoms with Crippen LogP contribution in [-0.4, -0.2) is 34.6 Å². The molecule has 0 radical (unpaired) electrons. The largest absolute Gasteiger partial charge is 0.478 e. The predicted molar refractivity (Wildman–Crippen MR) is 70.0 cm³/mol. The van der Waals surface area contributed by atoms with Crippen molar-refractivity contribution in [3.8, 4) is 0 Å². The molecule has 1 aliphatic carbocycles. The monoisotopic (exact) mass is 281 g/mol. The number of rotatable bonds is 5. The van der Waals surface area contributed by atoms with Crippen LogP contribution < -0.4 is 10.6 Å². The van der Waals surface area contributed by atoms with Gasteiger partial charge in [0.05, 0.1) is 6.54 Å². The van der Waals surface area contributed by atoms with Gasteiger partial charge in [-0.1, -0.05) is 12.8 Å². The fourth-order valence-electron chi connectivity index (χ4n) is 2.56. The highest BCUT2D eigenvalue weighted by molar-refractivity contribution is 5.89. The first-order valence-corrected chi connectivity index (χ1v) is 6.43. The van der Waals surface area contributed by atoms with E-state index in [1.165, 1.54) is 11.1 Å². The number of carbonyl (C=O) groups excluding carboxylic acids is 1. The molecule has 1 aromatic rings. The minimum absolute atomic E-state index is 0.0338. The molecule has 0 saturated heterocycles. The van der Waals surface area contributed by atoms with Crippen molar-refractivity contribution in [2.75, 3.05) is 11.4 Å². The first-order chi connectivity index (χ1) is 9.50. The highest BCUT2D eigenvalue weighted by Gasteiger charge is 2.28. The maximum atomic E-state index is 14.2. The number of hydrogen-bond donors (Lipinski definition) is 2. The normalized spacial score (nSPS) is 15.2. The molecule has 1 aromatic heterocycles. The number of nitrogens with two attached hydrogens (primary N) is 1. The number of aromatic nitrogens is 1. The molecule has 7 heteroatoms. The molecule has 1 saturated carbocycles. The van der Waals surface area contributed by atoms with Crippen LogP contribution in [0.3, 0.4) is 0 Å². The lowest BCUT2D eigenvalue weighted by Gasteiger charge is -2.29. The Morgan fingerprint density at radius 2 is 2.10 bits per heavy atom. The number of carboxylic acids is 1. The molecule has 0 bridgehead atoms. The van der Waals surface area contributed by atoms with E-state index in [1.54, 1.807) is 0 Å². The van der Waals surface area contributed by atoms with E-state index in [4.69, 9.17) is 10.8 Å². The van der Waals surface area contributed by atoms with Crippen LogP contribution in [0.1, 0.15) is 36.0 Å². The Bertz CT molecular complexity index is 530. The standard InChI is InChI=1S/C13H16FN3O3/c14-11-9(13(19)20)5-6-16-12(11)17(7-10(15)18)8-3-1-2-4-8/h5-6,8H,1-4,7H2,(H2,15,18)(H,19,20). The maximum Gasteiger partial charge on any atom is 0.338 e. The fraction of sp³-hybridized carbons (Fsp3) is 0.462. The summed E-state index contributed by atoms with van der Waals surface area (Å²) in [5.41, 5.74) is 4.74. The van der Waals surface area contributed by atoms with E-state index in [0.29, 0.717) is 0 Å². The van der Waals surface area contributed by atoms with Gasteiger partial charge in [0.1, 0.15) is 5.56 Å². The Morgan fingerprint density at radius 3 is 2.65 bits per heavy atom. The Balaban J connectivity index is 2.39. The summed E-state index contributed by atoms with van der Waals surface area (Å²) in [6.45, 7) is -0.169. The maximum absolute atomic E-state index is 14.2. The molecule has 1 heterocycles. The van der Waals surface area contributed by atoms with Crippen molar-refractivity contribution in [2.24, 2.45) is 5.73 Å². The van der Waals surface area contributed by atoms with Crippen LogP contribution in [0.25, 0.3) is 0 Å². The van der Waals surface area contributed by atoms with Crippen molar-refractivity contribution in [1.29, 1.82) is 0 Å². The van der Waals surface area contributed by atoms with Gasteiger partial charge in [0.25, 0.3) is 0 Å². The average molecular weight is 281 g/mol. The van der Waals surface area contributed by atoms with Crippen LogP contribution in [0.5, 0.6) is 0 Å². The number of anilines is 1. The van der Waals surface area contributed by atoms with Gasteiger partial charge in [-0.25, -0.2) is 14.2 Å². The smallest absolute Gasteiger partial charge is 0.338 e. The number of aromatic carboxylic acids is 1. The molecule has 20 heavy (non-hydrogen) atoms. The summed E-state index contributed by atoms with van der Waals surface area (Å²) >= 11 is 0. The van der Waals surface area contributed by atoms with E-state index < -0.39 is 23.3 Å². The summed E-state index contributed by atoms with van der Waals surface area (Å²) in [5.74, 6) is -3.00. The van der Waals surface area contributed by atoms with E-state index in [2.05, 4.69) is 4.98 Å². The second kappa shape index (κ2) is 5.85. The molecule has 0 spiro atoms. The summed E-state index contributed by atoms with van der Waals surface area (Å²) in [5, 5.41) is 8.94. The van der Waals surface area contributed by atoms with E-state index in [9.17, 15) is 14.0 Å². The average Bonchev–Trinajstić information content (AvgIpc) is 2.89. The summed E-state index contributed by atoms with van der Waals surface area (Å²) in [6, 6.07) is 1.06. The molecule has 0 unspecified atom stereocenters. The van der Waals surface area contributed by atoms with Gasteiger partial charge in [0.2, 0.25) is 5.91 Å². The van der Waals surface area contributed by atoms with Gasteiger partial charge in [0, 0.05) is 12.2 Å². The van der Waals surface area contributed by atoms with Gasteiger partial charge in [-0.2, -0.15) is 0 Å². The number of carbonyl (C=O) groups is 2. The number of hydrogen-bond acceptors (Lipinski definition) is 4. The zero-order valence-corrected chi connectivity index (χ0v) is 10.9. The highest BCUT2D eigenvalue weighted by atomic mass is 19.1. The highest BCUT2D eigenvalue weighted by Crippen LogP contribution is 2.29. The molecule has 2 rings (SSSR count). The second-order valence-corrected chi connectivity index (χ2v) is 4.83. The Kier molecular flexibility index (Phi) is 4.16. The van der Waals surface area contributed by atoms with Crippen LogP contribution in [0.4, 0.5) is 10.2 Å². The third kappa shape index (κ3) is 2.87. The summed E-state index contributed by atoms with van der Waals surface area (Å²) in [4.78, 5) is 27.5.